The molecule has 0 aliphatic carbocycles. The number of hydrogen-bond donors (Lipinski definition) is 0. The third-order valence-corrected chi connectivity index (χ3v) is 3.03. The second-order valence-electron chi connectivity index (χ2n) is 4.36. The molecule has 0 N–H and O–H groups in total. The first kappa shape index (κ1) is 13.7. The maximum Gasteiger partial charge on any atom is 0.167 e. The molecular formula is C15H15ClFNO. The van der Waals surface area contributed by atoms with Crippen molar-refractivity contribution < 1.29 is 9.13 Å². The summed E-state index contributed by atoms with van der Waals surface area (Å²) in [5, 5.41) is 0. The Labute approximate surface area is 117 Å². The molecule has 0 saturated heterocycles. The van der Waals surface area contributed by atoms with Gasteiger partial charge in [0.25, 0.3) is 0 Å². The molecule has 0 bridgehead atoms. The zero-order valence-electron chi connectivity index (χ0n) is 10.9. The molecule has 2 rings (SSSR count). The first-order chi connectivity index (χ1) is 9.11. The van der Waals surface area contributed by atoms with Gasteiger partial charge in [0.05, 0.1) is 5.88 Å². The number of nitrogens with zero attached hydrogens (tertiary/aromatic N) is 1. The van der Waals surface area contributed by atoms with Crippen molar-refractivity contribution in [2.24, 2.45) is 0 Å². The van der Waals surface area contributed by atoms with Crippen LogP contribution in [-0.2, 0) is 5.88 Å². The van der Waals surface area contributed by atoms with E-state index in [1.165, 1.54) is 6.07 Å². The van der Waals surface area contributed by atoms with Crippen LogP contribution < -0.4 is 9.64 Å². The van der Waals surface area contributed by atoms with E-state index < -0.39 is 5.82 Å². The van der Waals surface area contributed by atoms with E-state index in [0.29, 0.717) is 11.3 Å². The molecule has 100 valence electrons. The fourth-order valence-corrected chi connectivity index (χ4v) is 1.93. The molecule has 0 aromatic heterocycles. The lowest BCUT2D eigenvalue weighted by atomic mass is 10.2. The van der Waals surface area contributed by atoms with Crippen LogP contribution in [-0.4, -0.2) is 14.1 Å². The number of alkyl halides is 1. The Bertz CT molecular complexity index is 572. The van der Waals surface area contributed by atoms with Gasteiger partial charge in [0.2, 0.25) is 0 Å². The first-order valence-corrected chi connectivity index (χ1v) is 6.44. The van der Waals surface area contributed by atoms with Gasteiger partial charge in [-0.05, 0) is 18.2 Å². The minimum Gasteiger partial charge on any atom is -0.454 e. The van der Waals surface area contributed by atoms with Gasteiger partial charge in [-0.25, -0.2) is 4.39 Å². The number of para-hydroxylation sites is 1. The second-order valence-corrected chi connectivity index (χ2v) is 4.62. The molecule has 2 aromatic rings. The summed E-state index contributed by atoms with van der Waals surface area (Å²) in [6.45, 7) is 0. The van der Waals surface area contributed by atoms with E-state index in [9.17, 15) is 4.39 Å². The summed E-state index contributed by atoms with van der Waals surface area (Å²) < 4.78 is 19.4. The quantitative estimate of drug-likeness (QED) is 0.768. The highest BCUT2D eigenvalue weighted by Gasteiger charge is 2.10. The van der Waals surface area contributed by atoms with Gasteiger partial charge in [0, 0.05) is 31.4 Å². The zero-order valence-corrected chi connectivity index (χ0v) is 11.6. The van der Waals surface area contributed by atoms with Crippen LogP contribution in [0.5, 0.6) is 11.5 Å². The molecule has 2 nitrogen and oxygen atoms in total. The highest BCUT2D eigenvalue weighted by atomic mass is 35.5. The van der Waals surface area contributed by atoms with E-state index in [2.05, 4.69) is 0 Å². The van der Waals surface area contributed by atoms with Gasteiger partial charge in [0.1, 0.15) is 5.75 Å². The lowest BCUT2D eigenvalue weighted by Gasteiger charge is -2.15. The molecule has 0 aliphatic heterocycles. The van der Waals surface area contributed by atoms with Crippen LogP contribution in [0.25, 0.3) is 0 Å². The van der Waals surface area contributed by atoms with E-state index in [-0.39, 0.29) is 11.6 Å². The summed E-state index contributed by atoms with van der Waals surface area (Å²) in [7, 11) is 3.87. The van der Waals surface area contributed by atoms with Crippen molar-refractivity contribution in [1.82, 2.24) is 0 Å². The number of hydrogen-bond acceptors (Lipinski definition) is 2. The second kappa shape index (κ2) is 5.93. The Morgan fingerprint density at radius 2 is 1.89 bits per heavy atom. The normalized spacial score (nSPS) is 10.3. The van der Waals surface area contributed by atoms with Gasteiger partial charge in [-0.2, -0.15) is 0 Å². The van der Waals surface area contributed by atoms with E-state index in [0.717, 1.165) is 5.69 Å². The van der Waals surface area contributed by atoms with Gasteiger partial charge in [-0.1, -0.05) is 18.2 Å². The summed E-state index contributed by atoms with van der Waals surface area (Å²) in [4.78, 5) is 1.96. The standard InChI is InChI=1S/C15H15ClFNO/c1-18(2)12-6-4-7-13(9-12)19-15-11(10-16)5-3-8-14(15)17/h3-9H,10H2,1-2H3. The van der Waals surface area contributed by atoms with Crippen molar-refractivity contribution in [1.29, 1.82) is 0 Å². The van der Waals surface area contributed by atoms with E-state index >= 15 is 0 Å². The number of anilines is 1. The minimum atomic E-state index is -0.409. The molecule has 2 aromatic carbocycles. The SMILES string of the molecule is CN(C)c1cccc(Oc2c(F)cccc2CCl)c1. The Kier molecular flexibility index (Phi) is 4.27. The molecule has 0 radical (unpaired) electrons. The van der Waals surface area contributed by atoms with Gasteiger partial charge in [-0.3, -0.25) is 0 Å². The Hall–Kier alpha value is -1.74. The molecule has 0 saturated carbocycles. The Morgan fingerprint density at radius 1 is 1.16 bits per heavy atom. The predicted molar refractivity (Wildman–Crippen MR) is 76.8 cm³/mol. The van der Waals surface area contributed by atoms with Crippen LogP contribution >= 0.6 is 11.6 Å². The van der Waals surface area contributed by atoms with Crippen LogP contribution in [0.1, 0.15) is 5.56 Å². The number of benzene rings is 2. The van der Waals surface area contributed by atoms with Gasteiger partial charge < -0.3 is 9.64 Å². The average molecular weight is 280 g/mol. The van der Waals surface area contributed by atoms with Crippen molar-refractivity contribution in [2.45, 2.75) is 5.88 Å². The summed E-state index contributed by atoms with van der Waals surface area (Å²) in [6, 6.07) is 12.2. The Balaban J connectivity index is 2.33. The third-order valence-electron chi connectivity index (χ3n) is 2.75. The van der Waals surface area contributed by atoms with Crippen LogP contribution in [0.2, 0.25) is 0 Å². The number of halogens is 2. The molecule has 0 spiro atoms. The van der Waals surface area contributed by atoms with Gasteiger partial charge >= 0.3 is 0 Å². The highest BCUT2D eigenvalue weighted by Crippen LogP contribution is 2.31. The van der Waals surface area contributed by atoms with Crippen LogP contribution in [0.15, 0.2) is 42.5 Å². The molecular weight excluding hydrogens is 265 g/mol. The van der Waals surface area contributed by atoms with Crippen molar-refractivity contribution in [3.05, 3.63) is 53.8 Å². The largest absolute Gasteiger partial charge is 0.454 e. The fourth-order valence-electron chi connectivity index (χ4n) is 1.72. The van der Waals surface area contributed by atoms with Crippen LogP contribution in [0.3, 0.4) is 0 Å². The molecule has 0 fully saturated rings. The van der Waals surface area contributed by atoms with Crippen LogP contribution in [0.4, 0.5) is 10.1 Å². The Morgan fingerprint density at radius 3 is 2.58 bits per heavy atom. The smallest absolute Gasteiger partial charge is 0.167 e. The number of rotatable bonds is 4. The average Bonchev–Trinajstić information content (AvgIpc) is 2.41. The van der Waals surface area contributed by atoms with Crippen molar-refractivity contribution in [2.75, 3.05) is 19.0 Å². The van der Waals surface area contributed by atoms with Gasteiger partial charge in [0.15, 0.2) is 11.6 Å². The molecule has 0 atom stereocenters. The maximum atomic E-state index is 13.8. The van der Waals surface area contributed by atoms with Crippen molar-refractivity contribution >= 4 is 17.3 Å². The monoisotopic (exact) mass is 279 g/mol. The number of ether oxygens (including phenoxy) is 1. The maximum absolute atomic E-state index is 13.8. The van der Waals surface area contributed by atoms with E-state index in [1.807, 2.05) is 37.2 Å². The molecule has 19 heavy (non-hydrogen) atoms. The molecule has 4 heteroatoms. The summed E-state index contributed by atoms with van der Waals surface area (Å²) in [5.41, 5.74) is 1.62. The van der Waals surface area contributed by atoms with E-state index in [4.69, 9.17) is 16.3 Å². The van der Waals surface area contributed by atoms with Crippen molar-refractivity contribution in [3.63, 3.8) is 0 Å². The van der Waals surface area contributed by atoms with Crippen LogP contribution in [0, 0.1) is 5.82 Å². The summed E-state index contributed by atoms with van der Waals surface area (Å²) in [6.07, 6.45) is 0. The lowest BCUT2D eigenvalue weighted by molar-refractivity contribution is 0.438. The molecule has 0 amide bonds. The predicted octanol–water partition coefficient (Wildman–Crippen LogP) is 4.42. The fraction of sp³-hybridized carbons (Fsp3) is 0.200. The summed E-state index contributed by atoms with van der Waals surface area (Å²) >= 11 is 5.80. The van der Waals surface area contributed by atoms with Gasteiger partial charge in [-0.15, -0.1) is 11.6 Å². The lowest BCUT2D eigenvalue weighted by Crippen LogP contribution is -2.08. The zero-order chi connectivity index (χ0) is 13.8. The van der Waals surface area contributed by atoms with Crippen molar-refractivity contribution in [3.8, 4) is 11.5 Å². The molecule has 0 heterocycles. The topological polar surface area (TPSA) is 12.5 Å². The third kappa shape index (κ3) is 3.18. The minimum absolute atomic E-state index is 0.188. The van der Waals surface area contributed by atoms with E-state index in [1.54, 1.807) is 18.2 Å². The summed E-state index contributed by atoms with van der Waals surface area (Å²) in [5.74, 6) is 0.574. The molecule has 0 aliphatic rings. The highest BCUT2D eigenvalue weighted by molar-refractivity contribution is 6.17. The molecule has 0 unspecified atom stereocenters. The first-order valence-electron chi connectivity index (χ1n) is 5.90.